The number of thiophene rings is 1. The summed E-state index contributed by atoms with van der Waals surface area (Å²) in [6, 6.07) is 12.1. The van der Waals surface area contributed by atoms with Crippen LogP contribution in [0.3, 0.4) is 0 Å². The molecule has 19 heavy (non-hydrogen) atoms. The van der Waals surface area contributed by atoms with E-state index in [2.05, 4.69) is 31.4 Å². The van der Waals surface area contributed by atoms with E-state index in [9.17, 15) is 0 Å². The van der Waals surface area contributed by atoms with Crippen LogP contribution in [0.5, 0.6) is 11.5 Å². The highest BCUT2D eigenvalue weighted by atomic mass is 32.1. The summed E-state index contributed by atoms with van der Waals surface area (Å²) >= 11 is 1.77. The van der Waals surface area contributed by atoms with E-state index in [1.165, 1.54) is 4.88 Å². The Morgan fingerprint density at radius 2 is 1.84 bits per heavy atom. The highest BCUT2D eigenvalue weighted by Crippen LogP contribution is 2.19. The summed E-state index contributed by atoms with van der Waals surface area (Å²) in [5.74, 6) is 1.80. The van der Waals surface area contributed by atoms with Crippen molar-refractivity contribution in [3.8, 4) is 11.5 Å². The first kappa shape index (κ1) is 13.9. The molecule has 0 bridgehead atoms. The normalized spacial score (nSPS) is 12.1. The summed E-state index contributed by atoms with van der Waals surface area (Å²) in [5.41, 5.74) is 0. The molecule has 1 aromatic heterocycles. The van der Waals surface area contributed by atoms with Crippen LogP contribution >= 0.6 is 11.3 Å². The average Bonchev–Trinajstić information content (AvgIpc) is 2.94. The standard InChI is InChI=1S/C16H20O2S/c1-3-13(2)18-15-8-6-14(7-9-15)17-11-10-16-5-4-12-19-16/h4-9,12-13H,3,10-11H2,1-2H3. The van der Waals surface area contributed by atoms with Gasteiger partial charge in [-0.1, -0.05) is 13.0 Å². The lowest BCUT2D eigenvalue weighted by atomic mass is 10.3. The Morgan fingerprint density at radius 3 is 2.47 bits per heavy atom. The molecule has 0 saturated heterocycles. The van der Waals surface area contributed by atoms with E-state index >= 15 is 0 Å². The summed E-state index contributed by atoms with van der Waals surface area (Å²) in [6.45, 7) is 4.91. The van der Waals surface area contributed by atoms with Crippen molar-refractivity contribution in [3.63, 3.8) is 0 Å². The van der Waals surface area contributed by atoms with Crippen molar-refractivity contribution >= 4 is 11.3 Å². The minimum Gasteiger partial charge on any atom is -0.493 e. The molecular weight excluding hydrogens is 256 g/mol. The van der Waals surface area contributed by atoms with Crippen molar-refractivity contribution in [1.29, 1.82) is 0 Å². The lowest BCUT2D eigenvalue weighted by Gasteiger charge is -2.13. The Morgan fingerprint density at radius 1 is 1.11 bits per heavy atom. The summed E-state index contributed by atoms with van der Waals surface area (Å²) in [6.07, 6.45) is 2.23. The van der Waals surface area contributed by atoms with Gasteiger partial charge >= 0.3 is 0 Å². The molecular formula is C16H20O2S. The van der Waals surface area contributed by atoms with Crippen LogP contribution in [0, 0.1) is 0 Å². The van der Waals surface area contributed by atoms with Crippen molar-refractivity contribution < 1.29 is 9.47 Å². The van der Waals surface area contributed by atoms with Gasteiger partial charge in [0.25, 0.3) is 0 Å². The SMILES string of the molecule is CCC(C)Oc1ccc(OCCc2cccs2)cc1. The van der Waals surface area contributed by atoms with Crippen LogP contribution in [0.15, 0.2) is 41.8 Å². The Balaban J connectivity index is 1.78. The summed E-state index contributed by atoms with van der Waals surface area (Å²) < 4.78 is 11.4. The van der Waals surface area contributed by atoms with Crippen LogP contribution in [-0.2, 0) is 6.42 Å². The zero-order chi connectivity index (χ0) is 13.5. The molecule has 1 aromatic carbocycles. The van der Waals surface area contributed by atoms with Gasteiger partial charge in [-0.25, -0.2) is 0 Å². The molecule has 0 spiro atoms. The van der Waals surface area contributed by atoms with Gasteiger partial charge in [0, 0.05) is 11.3 Å². The molecule has 3 heteroatoms. The fourth-order valence-electron chi connectivity index (χ4n) is 1.65. The van der Waals surface area contributed by atoms with Crippen LogP contribution in [0.2, 0.25) is 0 Å². The Bertz CT molecular complexity index is 462. The van der Waals surface area contributed by atoms with Gasteiger partial charge in [-0.3, -0.25) is 0 Å². The van der Waals surface area contributed by atoms with E-state index < -0.39 is 0 Å². The van der Waals surface area contributed by atoms with Crippen molar-refractivity contribution in [2.75, 3.05) is 6.61 Å². The quantitative estimate of drug-likeness (QED) is 0.738. The molecule has 0 aliphatic heterocycles. The second-order valence-corrected chi connectivity index (χ2v) is 5.52. The van der Waals surface area contributed by atoms with Gasteiger partial charge < -0.3 is 9.47 Å². The van der Waals surface area contributed by atoms with Gasteiger partial charge in [-0.15, -0.1) is 11.3 Å². The van der Waals surface area contributed by atoms with Crippen molar-refractivity contribution in [2.24, 2.45) is 0 Å². The molecule has 0 fully saturated rings. The number of hydrogen-bond acceptors (Lipinski definition) is 3. The fraction of sp³-hybridized carbons (Fsp3) is 0.375. The second-order valence-electron chi connectivity index (χ2n) is 4.49. The summed E-state index contributed by atoms with van der Waals surface area (Å²) in [5, 5.41) is 2.09. The molecule has 0 radical (unpaired) electrons. The van der Waals surface area contributed by atoms with Gasteiger partial charge in [0.2, 0.25) is 0 Å². The van der Waals surface area contributed by atoms with E-state index in [1.807, 2.05) is 24.3 Å². The van der Waals surface area contributed by atoms with E-state index in [0.717, 1.165) is 24.3 Å². The van der Waals surface area contributed by atoms with Crippen LogP contribution < -0.4 is 9.47 Å². The zero-order valence-electron chi connectivity index (χ0n) is 11.5. The van der Waals surface area contributed by atoms with Crippen LogP contribution in [0.1, 0.15) is 25.1 Å². The Kier molecular flexibility index (Phi) is 5.28. The third kappa shape index (κ3) is 4.60. The first-order valence-corrected chi connectivity index (χ1v) is 7.58. The molecule has 0 aliphatic rings. The molecule has 2 aromatic rings. The second kappa shape index (κ2) is 7.19. The maximum Gasteiger partial charge on any atom is 0.119 e. The predicted octanol–water partition coefficient (Wildman–Crippen LogP) is 4.55. The minimum atomic E-state index is 0.255. The Hall–Kier alpha value is -1.48. The first-order valence-electron chi connectivity index (χ1n) is 6.70. The van der Waals surface area contributed by atoms with Gasteiger partial charge in [0.1, 0.15) is 11.5 Å². The smallest absolute Gasteiger partial charge is 0.119 e. The molecule has 2 rings (SSSR count). The van der Waals surface area contributed by atoms with Crippen LogP contribution in [0.25, 0.3) is 0 Å². The summed E-state index contributed by atoms with van der Waals surface area (Å²) in [7, 11) is 0. The lowest BCUT2D eigenvalue weighted by molar-refractivity contribution is 0.217. The van der Waals surface area contributed by atoms with Crippen LogP contribution in [-0.4, -0.2) is 12.7 Å². The molecule has 0 N–H and O–H groups in total. The van der Waals surface area contributed by atoms with Gasteiger partial charge in [-0.2, -0.15) is 0 Å². The lowest BCUT2D eigenvalue weighted by Crippen LogP contribution is -2.09. The fourth-order valence-corrected chi connectivity index (χ4v) is 2.34. The van der Waals surface area contributed by atoms with E-state index in [0.29, 0.717) is 6.61 Å². The topological polar surface area (TPSA) is 18.5 Å². The first-order chi connectivity index (χ1) is 9.28. The summed E-state index contributed by atoms with van der Waals surface area (Å²) in [4.78, 5) is 1.36. The van der Waals surface area contributed by atoms with E-state index in [4.69, 9.17) is 9.47 Å². The predicted molar refractivity (Wildman–Crippen MR) is 80.3 cm³/mol. The third-order valence-corrected chi connectivity index (χ3v) is 3.87. The zero-order valence-corrected chi connectivity index (χ0v) is 12.3. The number of hydrogen-bond donors (Lipinski definition) is 0. The maximum atomic E-state index is 5.73. The monoisotopic (exact) mass is 276 g/mol. The Labute approximate surface area is 119 Å². The minimum absolute atomic E-state index is 0.255. The van der Waals surface area contributed by atoms with Crippen LogP contribution in [0.4, 0.5) is 0 Å². The highest BCUT2D eigenvalue weighted by Gasteiger charge is 2.01. The molecule has 1 atom stereocenters. The highest BCUT2D eigenvalue weighted by molar-refractivity contribution is 7.09. The molecule has 0 aliphatic carbocycles. The van der Waals surface area contributed by atoms with Gasteiger partial charge in [-0.05, 0) is 49.1 Å². The van der Waals surface area contributed by atoms with Gasteiger partial charge in [0.05, 0.1) is 12.7 Å². The number of rotatable bonds is 7. The molecule has 102 valence electrons. The van der Waals surface area contributed by atoms with E-state index in [1.54, 1.807) is 11.3 Å². The van der Waals surface area contributed by atoms with Gasteiger partial charge in [0.15, 0.2) is 0 Å². The van der Waals surface area contributed by atoms with Crippen molar-refractivity contribution in [3.05, 3.63) is 46.7 Å². The molecule has 0 amide bonds. The van der Waals surface area contributed by atoms with Crippen molar-refractivity contribution in [1.82, 2.24) is 0 Å². The number of benzene rings is 1. The number of ether oxygens (including phenoxy) is 2. The maximum absolute atomic E-state index is 5.73. The third-order valence-electron chi connectivity index (χ3n) is 2.93. The largest absolute Gasteiger partial charge is 0.493 e. The molecule has 1 unspecified atom stereocenters. The van der Waals surface area contributed by atoms with Crippen molar-refractivity contribution in [2.45, 2.75) is 32.8 Å². The average molecular weight is 276 g/mol. The molecule has 1 heterocycles. The molecule has 0 saturated carbocycles. The molecule has 2 nitrogen and oxygen atoms in total. The van der Waals surface area contributed by atoms with E-state index in [-0.39, 0.29) is 6.10 Å².